The van der Waals surface area contributed by atoms with E-state index in [1.54, 1.807) is 0 Å². The molecule has 2 atom stereocenters. The molecule has 1 fully saturated rings. The number of likely N-dealkylation sites (tertiary alicyclic amines) is 1. The number of hydrogen-bond donors (Lipinski definition) is 1. The topological polar surface area (TPSA) is 29.3 Å². The fraction of sp³-hybridized carbons (Fsp3) is 0.647. The van der Waals surface area contributed by atoms with E-state index < -0.39 is 11.6 Å². The Bertz CT molecular complexity index is 442. The van der Waals surface area contributed by atoms with Crippen molar-refractivity contribution in [2.24, 2.45) is 17.6 Å². The summed E-state index contributed by atoms with van der Waals surface area (Å²) in [5.41, 5.74) is 6.55. The predicted octanol–water partition coefficient (Wildman–Crippen LogP) is 3.72. The monoisotopic (exact) mass is 296 g/mol. The number of benzene rings is 1. The van der Waals surface area contributed by atoms with Gasteiger partial charge in [0, 0.05) is 18.7 Å². The van der Waals surface area contributed by atoms with E-state index in [2.05, 4.69) is 18.7 Å². The maximum Gasteiger partial charge on any atom is 0.126 e. The van der Waals surface area contributed by atoms with E-state index in [-0.39, 0.29) is 6.04 Å². The Balaban J connectivity index is 2.13. The van der Waals surface area contributed by atoms with Crippen molar-refractivity contribution >= 4 is 0 Å². The molecule has 1 heterocycles. The lowest BCUT2D eigenvalue weighted by Gasteiger charge is -2.30. The van der Waals surface area contributed by atoms with Crippen molar-refractivity contribution in [3.8, 4) is 0 Å². The Hall–Kier alpha value is -1.00. The van der Waals surface area contributed by atoms with Gasteiger partial charge in [0.05, 0.1) is 0 Å². The number of halogens is 2. The highest BCUT2D eigenvalue weighted by Crippen LogP contribution is 2.29. The van der Waals surface area contributed by atoms with Gasteiger partial charge in [-0.3, -0.25) is 4.90 Å². The number of nitrogens with zero attached hydrogens (tertiary/aromatic N) is 1. The van der Waals surface area contributed by atoms with E-state index in [0.29, 0.717) is 18.0 Å². The van der Waals surface area contributed by atoms with E-state index in [0.717, 1.165) is 37.9 Å². The van der Waals surface area contributed by atoms with Gasteiger partial charge < -0.3 is 5.73 Å². The Morgan fingerprint density at radius 3 is 2.38 bits per heavy atom. The van der Waals surface area contributed by atoms with Gasteiger partial charge in [0.25, 0.3) is 0 Å². The SMILES string of the molecule is CC(C)C1CCCN(C(CN)c2cc(F)cc(F)c2)CC1. The normalized spacial score (nSPS) is 22.3. The zero-order valence-electron chi connectivity index (χ0n) is 13.0. The first kappa shape index (κ1) is 16.4. The van der Waals surface area contributed by atoms with Crippen LogP contribution in [0.1, 0.15) is 44.7 Å². The van der Waals surface area contributed by atoms with Gasteiger partial charge in [0.2, 0.25) is 0 Å². The molecule has 2 nitrogen and oxygen atoms in total. The van der Waals surface area contributed by atoms with Crippen molar-refractivity contribution in [2.45, 2.75) is 39.2 Å². The van der Waals surface area contributed by atoms with Gasteiger partial charge >= 0.3 is 0 Å². The first-order valence-corrected chi connectivity index (χ1v) is 7.91. The van der Waals surface area contributed by atoms with Crippen LogP contribution in [0.3, 0.4) is 0 Å². The molecule has 1 aromatic rings. The second kappa shape index (κ2) is 7.32. The quantitative estimate of drug-likeness (QED) is 0.917. The van der Waals surface area contributed by atoms with Crippen molar-refractivity contribution in [3.63, 3.8) is 0 Å². The molecule has 1 saturated heterocycles. The smallest absolute Gasteiger partial charge is 0.126 e. The van der Waals surface area contributed by atoms with Gasteiger partial charge in [0.1, 0.15) is 11.6 Å². The number of nitrogens with two attached hydrogens (primary N) is 1. The molecular formula is C17H26F2N2. The van der Waals surface area contributed by atoms with Crippen LogP contribution in [-0.4, -0.2) is 24.5 Å². The molecule has 0 aromatic heterocycles. The average molecular weight is 296 g/mol. The number of hydrogen-bond acceptors (Lipinski definition) is 2. The second-order valence-corrected chi connectivity index (χ2v) is 6.43. The average Bonchev–Trinajstić information content (AvgIpc) is 2.64. The van der Waals surface area contributed by atoms with Crippen molar-refractivity contribution in [2.75, 3.05) is 19.6 Å². The van der Waals surface area contributed by atoms with Crippen LogP contribution in [-0.2, 0) is 0 Å². The molecule has 0 amide bonds. The van der Waals surface area contributed by atoms with Gasteiger partial charge in [-0.15, -0.1) is 0 Å². The predicted molar refractivity (Wildman–Crippen MR) is 81.9 cm³/mol. The third-order valence-electron chi connectivity index (χ3n) is 4.68. The Morgan fingerprint density at radius 2 is 1.81 bits per heavy atom. The van der Waals surface area contributed by atoms with Gasteiger partial charge in [0.15, 0.2) is 0 Å². The Kier molecular flexibility index (Phi) is 5.71. The van der Waals surface area contributed by atoms with Crippen LogP contribution in [0.5, 0.6) is 0 Å². The summed E-state index contributed by atoms with van der Waals surface area (Å²) in [6.45, 7) is 6.81. The van der Waals surface area contributed by atoms with Crippen molar-refractivity contribution < 1.29 is 8.78 Å². The van der Waals surface area contributed by atoms with Crippen molar-refractivity contribution in [1.82, 2.24) is 4.90 Å². The standard InChI is InChI=1S/C17H26F2N2/c1-12(2)13-4-3-6-21(7-5-13)17(11-20)14-8-15(18)10-16(19)9-14/h8-10,12-13,17H,3-7,11,20H2,1-2H3. The summed E-state index contributed by atoms with van der Waals surface area (Å²) in [5, 5.41) is 0. The fourth-order valence-electron chi connectivity index (χ4n) is 3.39. The molecule has 1 aliphatic rings. The minimum absolute atomic E-state index is 0.0962. The Morgan fingerprint density at radius 1 is 1.14 bits per heavy atom. The lowest BCUT2D eigenvalue weighted by molar-refractivity contribution is 0.203. The second-order valence-electron chi connectivity index (χ2n) is 6.43. The molecule has 1 aromatic carbocycles. The molecule has 0 radical (unpaired) electrons. The fourth-order valence-corrected chi connectivity index (χ4v) is 3.39. The summed E-state index contributed by atoms with van der Waals surface area (Å²) in [4.78, 5) is 2.29. The van der Waals surface area contributed by atoms with Gasteiger partial charge in [-0.25, -0.2) is 8.78 Å². The van der Waals surface area contributed by atoms with Gasteiger partial charge in [-0.1, -0.05) is 13.8 Å². The lowest BCUT2D eigenvalue weighted by atomic mass is 9.89. The molecule has 0 spiro atoms. The van der Waals surface area contributed by atoms with Crippen molar-refractivity contribution in [1.29, 1.82) is 0 Å². The highest BCUT2D eigenvalue weighted by atomic mass is 19.1. The van der Waals surface area contributed by atoms with E-state index in [9.17, 15) is 8.78 Å². The van der Waals surface area contributed by atoms with Gasteiger partial charge in [-0.05, 0) is 61.9 Å². The molecule has 0 saturated carbocycles. The van der Waals surface area contributed by atoms with Crippen LogP contribution in [0.2, 0.25) is 0 Å². The largest absolute Gasteiger partial charge is 0.329 e. The van der Waals surface area contributed by atoms with E-state index in [1.165, 1.54) is 18.6 Å². The highest BCUT2D eigenvalue weighted by Gasteiger charge is 2.25. The molecule has 118 valence electrons. The van der Waals surface area contributed by atoms with E-state index in [1.807, 2.05) is 0 Å². The van der Waals surface area contributed by atoms with Gasteiger partial charge in [-0.2, -0.15) is 0 Å². The molecule has 2 unspecified atom stereocenters. The Labute approximate surface area is 126 Å². The maximum absolute atomic E-state index is 13.4. The summed E-state index contributed by atoms with van der Waals surface area (Å²) in [6.07, 6.45) is 3.48. The third kappa shape index (κ3) is 4.24. The third-order valence-corrected chi connectivity index (χ3v) is 4.68. The van der Waals surface area contributed by atoms with Crippen molar-refractivity contribution in [3.05, 3.63) is 35.4 Å². The minimum atomic E-state index is -0.529. The summed E-state index contributed by atoms with van der Waals surface area (Å²) < 4.78 is 26.9. The summed E-state index contributed by atoms with van der Waals surface area (Å²) in [5.74, 6) is 0.363. The summed E-state index contributed by atoms with van der Waals surface area (Å²) >= 11 is 0. The first-order chi connectivity index (χ1) is 10.0. The first-order valence-electron chi connectivity index (χ1n) is 7.91. The van der Waals surface area contributed by atoms with Crippen LogP contribution in [0, 0.1) is 23.5 Å². The molecular weight excluding hydrogens is 270 g/mol. The molecule has 21 heavy (non-hydrogen) atoms. The van der Waals surface area contributed by atoms with Crippen LogP contribution < -0.4 is 5.73 Å². The molecule has 1 aliphatic heterocycles. The maximum atomic E-state index is 13.4. The molecule has 0 aliphatic carbocycles. The number of rotatable bonds is 4. The molecule has 2 N–H and O–H groups in total. The van der Waals surface area contributed by atoms with Crippen LogP contribution >= 0.6 is 0 Å². The molecule has 0 bridgehead atoms. The summed E-state index contributed by atoms with van der Waals surface area (Å²) in [7, 11) is 0. The van der Waals surface area contributed by atoms with Crippen LogP contribution in [0.15, 0.2) is 18.2 Å². The highest BCUT2D eigenvalue weighted by molar-refractivity contribution is 5.22. The van der Waals surface area contributed by atoms with E-state index in [4.69, 9.17) is 5.73 Å². The minimum Gasteiger partial charge on any atom is -0.329 e. The van der Waals surface area contributed by atoms with E-state index >= 15 is 0 Å². The molecule has 2 rings (SSSR count). The summed E-state index contributed by atoms with van der Waals surface area (Å²) in [6, 6.07) is 3.63. The lowest BCUT2D eigenvalue weighted by Crippen LogP contribution is -2.35. The van der Waals surface area contributed by atoms with Crippen LogP contribution in [0.25, 0.3) is 0 Å². The van der Waals surface area contributed by atoms with Crippen LogP contribution in [0.4, 0.5) is 8.78 Å². The zero-order valence-corrected chi connectivity index (χ0v) is 13.0. The zero-order chi connectivity index (χ0) is 15.4. The molecule has 4 heteroatoms.